The van der Waals surface area contributed by atoms with Gasteiger partial charge in [-0.2, -0.15) is 0 Å². The van der Waals surface area contributed by atoms with Crippen LogP contribution in [-0.2, 0) is 28.3 Å². The van der Waals surface area contributed by atoms with E-state index in [9.17, 15) is 10.2 Å². The van der Waals surface area contributed by atoms with Crippen LogP contribution in [-0.4, -0.2) is 38.4 Å². The normalized spacial score (nSPS) is 10.1. The van der Waals surface area contributed by atoms with Gasteiger partial charge in [0.1, 0.15) is 17.2 Å². The first kappa shape index (κ1) is 31.3. The monoisotopic (exact) mass is 569 g/mol. The van der Waals surface area contributed by atoms with E-state index in [1.54, 1.807) is 25.3 Å². The minimum Gasteiger partial charge on any atom is -0.507 e. The van der Waals surface area contributed by atoms with E-state index in [1.165, 1.54) is 19.3 Å². The molecule has 8 heteroatoms. The van der Waals surface area contributed by atoms with Gasteiger partial charge in [-0.05, 0) is 66.9 Å². The minimum atomic E-state index is -0.833. The fourth-order valence-corrected chi connectivity index (χ4v) is 4.04. The number of carbonyl (C=O) groups is 1. The Bertz CT molecular complexity index is 1370. The maximum absolute atomic E-state index is 10.9. The molecule has 0 spiro atoms. The second-order valence-electron chi connectivity index (χ2n) is 8.84. The standard InChI is InChI=1S/C29H30N2O3.C2H4O2.Mn/c1-3-4-5-6-10-20-11-7-12-22(29(20)33)24-13-8-15-26(30-24)27-16-9-14-25(31-27)23-19-21(34-2)17-18-28(23)32;1-2(3)4;/h7-9,11-19,32-33H,3-6,10H2,1-2H3;1H3,(H,3,4);. The van der Waals surface area contributed by atoms with Crippen molar-refractivity contribution < 1.29 is 41.9 Å². The van der Waals surface area contributed by atoms with Gasteiger partial charge >= 0.3 is 0 Å². The number of para-hydroxylation sites is 1. The molecule has 205 valence electrons. The predicted octanol–water partition coefficient (Wildman–Crippen LogP) is 7.11. The number of hydrogen-bond acceptors (Lipinski definition) is 6. The molecular weight excluding hydrogens is 535 g/mol. The molecule has 0 saturated carbocycles. The summed E-state index contributed by atoms with van der Waals surface area (Å²) in [4.78, 5) is 18.5. The molecule has 7 nitrogen and oxygen atoms in total. The van der Waals surface area contributed by atoms with Crippen LogP contribution in [0.15, 0.2) is 72.8 Å². The first-order valence-corrected chi connectivity index (χ1v) is 12.7. The number of phenols is 2. The number of nitrogens with zero attached hydrogens (tertiary/aromatic N) is 2. The van der Waals surface area contributed by atoms with Crippen molar-refractivity contribution in [1.82, 2.24) is 9.97 Å². The number of unbranched alkanes of at least 4 members (excludes halogenated alkanes) is 3. The molecule has 0 saturated heterocycles. The molecule has 2 aromatic carbocycles. The molecule has 0 aliphatic carbocycles. The van der Waals surface area contributed by atoms with Crippen LogP contribution in [0.5, 0.6) is 17.2 Å². The van der Waals surface area contributed by atoms with Gasteiger partial charge in [0, 0.05) is 35.1 Å². The number of methoxy groups -OCH3 is 1. The number of carboxylic acid groups (broad SMARTS) is 1. The molecule has 39 heavy (non-hydrogen) atoms. The fourth-order valence-electron chi connectivity index (χ4n) is 4.04. The van der Waals surface area contributed by atoms with Gasteiger partial charge in [-0.15, -0.1) is 0 Å². The molecule has 0 fully saturated rings. The van der Waals surface area contributed by atoms with E-state index < -0.39 is 5.97 Å². The van der Waals surface area contributed by atoms with Gasteiger partial charge in [0.25, 0.3) is 5.97 Å². The maximum atomic E-state index is 10.9. The second-order valence-corrected chi connectivity index (χ2v) is 8.84. The number of aromatic nitrogens is 2. The third kappa shape index (κ3) is 8.84. The summed E-state index contributed by atoms with van der Waals surface area (Å²) in [7, 11) is 1.59. The number of benzene rings is 2. The van der Waals surface area contributed by atoms with Crippen molar-refractivity contribution in [3.05, 3.63) is 78.4 Å². The van der Waals surface area contributed by atoms with Crippen LogP contribution in [0.3, 0.4) is 0 Å². The number of aliphatic carboxylic acids is 1. The van der Waals surface area contributed by atoms with Crippen LogP contribution in [0.2, 0.25) is 0 Å². The first-order chi connectivity index (χ1) is 18.3. The molecule has 2 heterocycles. The molecule has 0 amide bonds. The Hall–Kier alpha value is -3.87. The van der Waals surface area contributed by atoms with Crippen LogP contribution in [0.1, 0.15) is 45.1 Å². The third-order valence-corrected chi connectivity index (χ3v) is 5.94. The average molecular weight is 570 g/mol. The molecule has 0 aliphatic heterocycles. The topological polar surface area (TPSA) is 113 Å². The van der Waals surface area contributed by atoms with Crippen LogP contribution in [0.4, 0.5) is 0 Å². The van der Waals surface area contributed by atoms with Gasteiger partial charge in [-0.3, -0.25) is 4.79 Å². The number of ether oxygens (including phenoxy) is 1. The van der Waals surface area contributed by atoms with E-state index >= 15 is 0 Å². The second kappa shape index (κ2) is 15.5. The summed E-state index contributed by atoms with van der Waals surface area (Å²) in [6, 6.07) is 22.3. The predicted molar refractivity (Wildman–Crippen MR) is 149 cm³/mol. The Balaban J connectivity index is 0.000000998. The third-order valence-electron chi connectivity index (χ3n) is 5.94. The van der Waals surface area contributed by atoms with Crippen molar-refractivity contribution in [2.45, 2.75) is 46.0 Å². The number of aromatic hydroxyl groups is 2. The molecule has 0 unspecified atom stereocenters. The zero-order chi connectivity index (χ0) is 27.5. The molecule has 1 radical (unpaired) electrons. The number of phenolic OH excluding ortho intramolecular Hbond substituents is 2. The van der Waals surface area contributed by atoms with Gasteiger partial charge in [0.2, 0.25) is 0 Å². The average Bonchev–Trinajstić information content (AvgIpc) is 2.92. The molecule has 0 atom stereocenters. The zero-order valence-corrected chi connectivity index (χ0v) is 23.6. The van der Waals surface area contributed by atoms with Gasteiger partial charge in [-0.25, -0.2) is 9.97 Å². The van der Waals surface area contributed by atoms with Gasteiger partial charge in [-0.1, -0.05) is 50.5 Å². The first-order valence-electron chi connectivity index (χ1n) is 12.7. The van der Waals surface area contributed by atoms with E-state index in [1.807, 2.05) is 54.6 Å². The van der Waals surface area contributed by atoms with E-state index in [0.29, 0.717) is 39.8 Å². The Morgan fingerprint density at radius 2 is 1.36 bits per heavy atom. The van der Waals surface area contributed by atoms with Gasteiger partial charge in [0.15, 0.2) is 0 Å². The van der Waals surface area contributed by atoms with Crippen LogP contribution < -0.4 is 4.74 Å². The Labute approximate surface area is 240 Å². The summed E-state index contributed by atoms with van der Waals surface area (Å²) in [5.74, 6) is 0.240. The Morgan fingerprint density at radius 1 is 0.795 bits per heavy atom. The Kier molecular flexibility index (Phi) is 12.5. The number of carboxylic acids is 1. The van der Waals surface area contributed by atoms with Crippen LogP contribution >= 0.6 is 0 Å². The zero-order valence-electron chi connectivity index (χ0n) is 22.4. The SMILES string of the molecule is CC(=O)O.CCCCCCc1cccc(-c2cccc(-c3cccc(-c4cc(OC)ccc4O)n3)n2)c1O.[Mn]. The van der Waals surface area contributed by atoms with E-state index in [2.05, 4.69) is 6.92 Å². The number of rotatable bonds is 9. The molecule has 3 N–H and O–H groups in total. The van der Waals surface area contributed by atoms with E-state index in [4.69, 9.17) is 24.6 Å². The number of pyridine rings is 2. The van der Waals surface area contributed by atoms with Crippen LogP contribution in [0, 0.1) is 0 Å². The van der Waals surface area contributed by atoms with Crippen molar-refractivity contribution in [3.63, 3.8) is 0 Å². The summed E-state index contributed by atoms with van der Waals surface area (Å²) in [6.45, 7) is 3.28. The molecular formula is C31H34MnN2O5. The van der Waals surface area contributed by atoms with Gasteiger partial charge < -0.3 is 20.1 Å². The molecule has 0 bridgehead atoms. The summed E-state index contributed by atoms with van der Waals surface area (Å²) in [6.07, 6.45) is 5.48. The maximum Gasteiger partial charge on any atom is 0.300 e. The fraction of sp³-hybridized carbons (Fsp3) is 0.258. The van der Waals surface area contributed by atoms with Crippen molar-refractivity contribution in [1.29, 1.82) is 0 Å². The van der Waals surface area contributed by atoms with E-state index in [-0.39, 0.29) is 22.8 Å². The summed E-state index contributed by atoms with van der Waals surface area (Å²) < 4.78 is 5.29. The molecule has 4 aromatic rings. The summed E-state index contributed by atoms with van der Waals surface area (Å²) >= 11 is 0. The quantitative estimate of drug-likeness (QED) is 0.145. The van der Waals surface area contributed by atoms with Gasteiger partial charge in [0.05, 0.1) is 29.9 Å². The van der Waals surface area contributed by atoms with Crippen molar-refractivity contribution in [3.8, 4) is 51.2 Å². The summed E-state index contributed by atoms with van der Waals surface area (Å²) in [5, 5.41) is 28.7. The van der Waals surface area contributed by atoms with E-state index in [0.717, 1.165) is 30.9 Å². The largest absolute Gasteiger partial charge is 0.507 e. The minimum absolute atomic E-state index is 0. The molecule has 2 aromatic heterocycles. The number of aryl methyl sites for hydroxylation is 1. The summed E-state index contributed by atoms with van der Waals surface area (Å²) in [5.41, 5.74) is 4.95. The molecule has 4 rings (SSSR count). The number of hydrogen-bond donors (Lipinski definition) is 3. The van der Waals surface area contributed by atoms with Crippen molar-refractivity contribution in [2.24, 2.45) is 0 Å². The van der Waals surface area contributed by atoms with Crippen molar-refractivity contribution >= 4 is 5.97 Å². The van der Waals surface area contributed by atoms with Crippen molar-refractivity contribution in [2.75, 3.05) is 7.11 Å². The smallest absolute Gasteiger partial charge is 0.300 e. The Morgan fingerprint density at radius 3 is 1.95 bits per heavy atom. The molecule has 0 aliphatic rings. The van der Waals surface area contributed by atoms with Crippen LogP contribution in [0.25, 0.3) is 33.9 Å².